The Morgan fingerprint density at radius 1 is 1.16 bits per heavy atom. The highest BCUT2D eigenvalue weighted by atomic mass is 16.1. The van der Waals surface area contributed by atoms with E-state index in [1.807, 2.05) is 12.1 Å². The van der Waals surface area contributed by atoms with Gasteiger partial charge in [-0.2, -0.15) is 0 Å². The molecule has 4 heteroatoms. The van der Waals surface area contributed by atoms with Crippen LogP contribution in [0.25, 0.3) is 0 Å². The average Bonchev–Trinajstić information content (AvgIpc) is 2.35. The van der Waals surface area contributed by atoms with Crippen molar-refractivity contribution in [3.8, 4) is 0 Å². The molecule has 1 N–H and O–H groups in total. The molecule has 0 saturated carbocycles. The Labute approximate surface area is 116 Å². The molecule has 4 nitrogen and oxygen atoms in total. The van der Waals surface area contributed by atoms with Gasteiger partial charge < -0.3 is 10.2 Å². The monoisotopic (exact) mass is 263 g/mol. The van der Waals surface area contributed by atoms with E-state index in [4.69, 9.17) is 0 Å². The first kappa shape index (κ1) is 15.7. The number of nitrogens with zero attached hydrogens (tertiary/aromatic N) is 2. The van der Waals surface area contributed by atoms with Crippen LogP contribution in [0.4, 0.5) is 5.69 Å². The Bertz CT molecular complexity index is 387. The molecule has 0 unspecified atom stereocenters. The SMILES string of the molecule is CCN(CCN(C)C)Cc1ccc(NC(C)=O)cc1. The first-order valence-electron chi connectivity index (χ1n) is 6.75. The Morgan fingerprint density at radius 2 is 1.79 bits per heavy atom. The number of carbonyl (C=O) groups is 1. The second-order valence-electron chi connectivity index (χ2n) is 5.05. The molecule has 0 atom stereocenters. The molecule has 0 aliphatic carbocycles. The largest absolute Gasteiger partial charge is 0.326 e. The number of amides is 1. The van der Waals surface area contributed by atoms with Crippen LogP contribution in [0.1, 0.15) is 19.4 Å². The third kappa shape index (κ3) is 6.36. The van der Waals surface area contributed by atoms with E-state index in [1.54, 1.807) is 0 Å². The Balaban J connectivity index is 2.52. The number of hydrogen-bond donors (Lipinski definition) is 1. The van der Waals surface area contributed by atoms with Gasteiger partial charge in [0, 0.05) is 32.2 Å². The van der Waals surface area contributed by atoms with Gasteiger partial charge in [-0.25, -0.2) is 0 Å². The number of likely N-dealkylation sites (N-methyl/N-ethyl adjacent to an activating group) is 2. The first-order chi connectivity index (χ1) is 9.01. The minimum Gasteiger partial charge on any atom is -0.326 e. The maximum atomic E-state index is 10.9. The van der Waals surface area contributed by atoms with Crippen LogP contribution in [0.2, 0.25) is 0 Å². The van der Waals surface area contributed by atoms with Gasteiger partial charge in [0.25, 0.3) is 0 Å². The lowest BCUT2D eigenvalue weighted by atomic mass is 10.2. The second kappa shape index (κ2) is 7.92. The van der Waals surface area contributed by atoms with Gasteiger partial charge in [-0.1, -0.05) is 19.1 Å². The number of carbonyl (C=O) groups excluding carboxylic acids is 1. The van der Waals surface area contributed by atoms with Crippen molar-refractivity contribution < 1.29 is 4.79 Å². The van der Waals surface area contributed by atoms with E-state index in [-0.39, 0.29) is 5.91 Å². The lowest BCUT2D eigenvalue weighted by Crippen LogP contribution is -2.31. The predicted molar refractivity (Wildman–Crippen MR) is 80.3 cm³/mol. The topological polar surface area (TPSA) is 35.6 Å². The van der Waals surface area contributed by atoms with Crippen LogP contribution in [0, 0.1) is 0 Å². The van der Waals surface area contributed by atoms with Crippen LogP contribution in [0.15, 0.2) is 24.3 Å². The lowest BCUT2D eigenvalue weighted by molar-refractivity contribution is -0.114. The van der Waals surface area contributed by atoms with Gasteiger partial charge in [0.15, 0.2) is 0 Å². The normalized spacial score (nSPS) is 11.1. The zero-order chi connectivity index (χ0) is 14.3. The fourth-order valence-electron chi connectivity index (χ4n) is 1.85. The van der Waals surface area contributed by atoms with Gasteiger partial charge in [0.1, 0.15) is 0 Å². The van der Waals surface area contributed by atoms with Gasteiger partial charge in [0.05, 0.1) is 0 Å². The molecule has 1 aromatic rings. The van der Waals surface area contributed by atoms with Crippen molar-refractivity contribution in [1.29, 1.82) is 0 Å². The Kier molecular flexibility index (Phi) is 6.53. The zero-order valence-corrected chi connectivity index (χ0v) is 12.4. The lowest BCUT2D eigenvalue weighted by Gasteiger charge is -2.22. The third-order valence-corrected chi connectivity index (χ3v) is 2.99. The van der Waals surface area contributed by atoms with Crippen molar-refractivity contribution in [2.24, 2.45) is 0 Å². The highest BCUT2D eigenvalue weighted by Gasteiger charge is 2.04. The summed E-state index contributed by atoms with van der Waals surface area (Å²) in [7, 11) is 4.19. The minimum absolute atomic E-state index is 0.0334. The summed E-state index contributed by atoms with van der Waals surface area (Å²) in [6, 6.07) is 8.06. The van der Waals surface area contributed by atoms with E-state index in [0.29, 0.717) is 0 Å². The number of anilines is 1. The van der Waals surface area contributed by atoms with Crippen LogP contribution in [-0.2, 0) is 11.3 Å². The van der Waals surface area contributed by atoms with Crippen molar-refractivity contribution in [2.45, 2.75) is 20.4 Å². The molecule has 1 amide bonds. The van der Waals surface area contributed by atoms with Gasteiger partial charge in [-0.15, -0.1) is 0 Å². The number of rotatable bonds is 7. The molecule has 0 aliphatic heterocycles. The summed E-state index contributed by atoms with van der Waals surface area (Å²) in [5.74, 6) is -0.0334. The van der Waals surface area contributed by atoms with Crippen LogP contribution >= 0.6 is 0 Å². The Hall–Kier alpha value is -1.39. The molecule has 0 aliphatic rings. The first-order valence-corrected chi connectivity index (χ1v) is 6.75. The van der Waals surface area contributed by atoms with Crippen molar-refractivity contribution in [3.63, 3.8) is 0 Å². The van der Waals surface area contributed by atoms with Crippen LogP contribution < -0.4 is 5.32 Å². The van der Waals surface area contributed by atoms with E-state index in [1.165, 1.54) is 12.5 Å². The van der Waals surface area contributed by atoms with Crippen LogP contribution in [0.5, 0.6) is 0 Å². The minimum atomic E-state index is -0.0334. The molecule has 0 spiro atoms. The van der Waals surface area contributed by atoms with Crippen LogP contribution in [0.3, 0.4) is 0 Å². The number of hydrogen-bond acceptors (Lipinski definition) is 3. The number of benzene rings is 1. The zero-order valence-electron chi connectivity index (χ0n) is 12.4. The number of nitrogens with one attached hydrogen (secondary N) is 1. The summed E-state index contributed by atoms with van der Waals surface area (Å²) < 4.78 is 0. The predicted octanol–water partition coefficient (Wildman–Crippen LogP) is 2.03. The summed E-state index contributed by atoms with van der Waals surface area (Å²) >= 11 is 0. The molecular weight excluding hydrogens is 238 g/mol. The third-order valence-electron chi connectivity index (χ3n) is 2.99. The fourth-order valence-corrected chi connectivity index (χ4v) is 1.85. The van der Waals surface area contributed by atoms with Gasteiger partial charge in [-0.3, -0.25) is 9.69 Å². The van der Waals surface area contributed by atoms with Crippen molar-refractivity contribution >= 4 is 11.6 Å². The summed E-state index contributed by atoms with van der Waals surface area (Å²) in [6.45, 7) is 7.83. The van der Waals surface area contributed by atoms with Gasteiger partial charge in [0.2, 0.25) is 5.91 Å². The second-order valence-corrected chi connectivity index (χ2v) is 5.05. The molecule has 0 bridgehead atoms. The standard InChI is InChI=1S/C15H25N3O/c1-5-18(11-10-17(3)4)12-14-6-8-15(9-7-14)16-13(2)19/h6-9H,5,10-12H2,1-4H3,(H,16,19). The van der Waals surface area contributed by atoms with Crippen molar-refractivity contribution in [2.75, 3.05) is 39.0 Å². The van der Waals surface area contributed by atoms with Gasteiger partial charge in [-0.05, 0) is 38.3 Å². The smallest absolute Gasteiger partial charge is 0.221 e. The van der Waals surface area contributed by atoms with E-state index < -0.39 is 0 Å². The molecule has 0 saturated heterocycles. The maximum Gasteiger partial charge on any atom is 0.221 e. The van der Waals surface area contributed by atoms with Gasteiger partial charge >= 0.3 is 0 Å². The molecule has 106 valence electrons. The summed E-state index contributed by atoms with van der Waals surface area (Å²) in [5.41, 5.74) is 2.13. The molecular formula is C15H25N3O. The van der Waals surface area contributed by atoms with E-state index in [9.17, 15) is 4.79 Å². The summed E-state index contributed by atoms with van der Waals surface area (Å²) in [5, 5.41) is 2.78. The van der Waals surface area contributed by atoms with Crippen LogP contribution in [-0.4, -0.2) is 49.4 Å². The maximum absolute atomic E-state index is 10.9. The van der Waals surface area contributed by atoms with Crippen molar-refractivity contribution in [3.05, 3.63) is 29.8 Å². The summed E-state index contributed by atoms with van der Waals surface area (Å²) in [6.07, 6.45) is 0. The highest BCUT2D eigenvalue weighted by molar-refractivity contribution is 5.88. The molecule has 0 aromatic heterocycles. The highest BCUT2D eigenvalue weighted by Crippen LogP contribution is 2.11. The van der Waals surface area contributed by atoms with Crippen molar-refractivity contribution in [1.82, 2.24) is 9.80 Å². The molecule has 1 rings (SSSR count). The molecule has 0 radical (unpaired) electrons. The molecule has 1 aromatic carbocycles. The average molecular weight is 263 g/mol. The molecule has 0 fully saturated rings. The Morgan fingerprint density at radius 3 is 2.26 bits per heavy atom. The molecule has 0 heterocycles. The van der Waals surface area contributed by atoms with E-state index >= 15 is 0 Å². The fraction of sp³-hybridized carbons (Fsp3) is 0.533. The molecule has 19 heavy (non-hydrogen) atoms. The van der Waals surface area contributed by atoms with E-state index in [2.05, 4.69) is 48.3 Å². The summed E-state index contributed by atoms with van der Waals surface area (Å²) in [4.78, 5) is 15.6. The van der Waals surface area contributed by atoms with E-state index in [0.717, 1.165) is 31.9 Å². The quantitative estimate of drug-likeness (QED) is 0.817.